The van der Waals surface area contributed by atoms with Crippen molar-refractivity contribution in [1.82, 2.24) is 0 Å². The molecule has 0 amide bonds. The van der Waals surface area contributed by atoms with Gasteiger partial charge in [-0.15, -0.1) is 0 Å². The Morgan fingerprint density at radius 2 is 1.89 bits per heavy atom. The van der Waals surface area contributed by atoms with Crippen LogP contribution in [-0.2, 0) is 10.0 Å². The summed E-state index contributed by atoms with van der Waals surface area (Å²) in [6.45, 7) is 3.89. The van der Waals surface area contributed by atoms with E-state index in [9.17, 15) is 8.42 Å². The molecule has 102 valence electrons. The molecule has 0 aromatic heterocycles. The van der Waals surface area contributed by atoms with Crippen molar-refractivity contribution in [2.45, 2.75) is 13.8 Å². The topological polar surface area (TPSA) is 72.6 Å². The number of benzene rings is 1. The molecule has 0 radical (unpaired) electrons. The largest absolute Gasteiger partial charge is 0.496 e. The van der Waals surface area contributed by atoms with Crippen molar-refractivity contribution >= 4 is 15.7 Å². The highest BCUT2D eigenvalue weighted by atomic mass is 32.2. The molecule has 1 aromatic rings. The third-order valence-corrected chi connectivity index (χ3v) is 4.84. The molecule has 0 heterocycles. The molecule has 18 heavy (non-hydrogen) atoms. The molecule has 0 atom stereocenters. The quantitative estimate of drug-likeness (QED) is 0.869. The van der Waals surface area contributed by atoms with Gasteiger partial charge in [0.05, 0.1) is 18.6 Å². The third-order valence-electron chi connectivity index (χ3n) is 3.06. The van der Waals surface area contributed by atoms with Crippen LogP contribution in [0.5, 0.6) is 5.75 Å². The summed E-state index contributed by atoms with van der Waals surface area (Å²) in [5, 5.41) is 0. The highest BCUT2D eigenvalue weighted by molar-refractivity contribution is 7.92. The van der Waals surface area contributed by atoms with E-state index in [1.807, 2.05) is 13.8 Å². The summed E-state index contributed by atoms with van der Waals surface area (Å²) in [5.74, 6) is 0.689. The fraction of sp³-hybridized carbons (Fsp3) is 0.500. The molecular formula is C12H20N2O3S. The standard InChI is InChI=1S/C12H20N2O3S/c1-9-10(2)12(17-4)6-5-11(9)14(3)18(15,16)8-7-13/h5-6H,7-8,13H2,1-4H3. The molecule has 6 heteroatoms. The van der Waals surface area contributed by atoms with E-state index in [2.05, 4.69) is 0 Å². The highest BCUT2D eigenvalue weighted by Gasteiger charge is 2.20. The van der Waals surface area contributed by atoms with Crippen LogP contribution in [0.2, 0.25) is 0 Å². The van der Waals surface area contributed by atoms with Crippen molar-refractivity contribution in [2.24, 2.45) is 5.73 Å². The average Bonchev–Trinajstić information content (AvgIpc) is 2.31. The van der Waals surface area contributed by atoms with Crippen LogP contribution in [0.1, 0.15) is 11.1 Å². The van der Waals surface area contributed by atoms with Crippen molar-refractivity contribution in [3.8, 4) is 5.75 Å². The monoisotopic (exact) mass is 272 g/mol. The number of nitrogens with two attached hydrogens (primary N) is 1. The van der Waals surface area contributed by atoms with Gasteiger partial charge in [0.1, 0.15) is 5.75 Å². The van der Waals surface area contributed by atoms with Gasteiger partial charge in [-0.2, -0.15) is 0 Å². The van der Waals surface area contributed by atoms with E-state index in [0.717, 1.165) is 16.9 Å². The molecule has 5 nitrogen and oxygen atoms in total. The predicted octanol–water partition coefficient (Wildman–Crippen LogP) is 1.04. The molecule has 1 rings (SSSR count). The summed E-state index contributed by atoms with van der Waals surface area (Å²) in [7, 11) is -0.220. The molecule has 0 aliphatic heterocycles. The van der Waals surface area contributed by atoms with E-state index in [1.165, 1.54) is 4.31 Å². The predicted molar refractivity (Wildman–Crippen MR) is 73.7 cm³/mol. The summed E-state index contributed by atoms with van der Waals surface area (Å²) in [5.41, 5.74) is 7.79. The number of methoxy groups -OCH3 is 1. The summed E-state index contributed by atoms with van der Waals surface area (Å²) < 4.78 is 30.4. The first kappa shape index (κ1) is 14.8. The maximum atomic E-state index is 12.0. The maximum absolute atomic E-state index is 12.0. The molecule has 0 saturated carbocycles. The van der Waals surface area contributed by atoms with Gasteiger partial charge in [0, 0.05) is 13.6 Å². The van der Waals surface area contributed by atoms with Crippen LogP contribution in [0.15, 0.2) is 12.1 Å². The number of sulfonamides is 1. The molecular weight excluding hydrogens is 252 g/mol. The number of hydrogen-bond acceptors (Lipinski definition) is 4. The Labute approximate surface area is 109 Å². The second kappa shape index (κ2) is 5.58. The van der Waals surface area contributed by atoms with Crippen molar-refractivity contribution in [3.63, 3.8) is 0 Å². The van der Waals surface area contributed by atoms with Crippen molar-refractivity contribution in [1.29, 1.82) is 0 Å². The normalized spacial score (nSPS) is 11.4. The van der Waals surface area contributed by atoms with Crippen LogP contribution < -0.4 is 14.8 Å². The fourth-order valence-corrected chi connectivity index (χ4v) is 2.85. The van der Waals surface area contributed by atoms with Crippen LogP contribution in [0.3, 0.4) is 0 Å². The van der Waals surface area contributed by atoms with Crippen LogP contribution in [0.25, 0.3) is 0 Å². The number of nitrogens with zero attached hydrogens (tertiary/aromatic N) is 1. The minimum absolute atomic E-state index is 0.0615. The van der Waals surface area contributed by atoms with E-state index in [4.69, 9.17) is 10.5 Å². The minimum atomic E-state index is -3.35. The van der Waals surface area contributed by atoms with Crippen molar-refractivity contribution < 1.29 is 13.2 Å². The number of ether oxygens (including phenoxy) is 1. The van der Waals surface area contributed by atoms with Gasteiger partial charge in [-0.25, -0.2) is 8.42 Å². The van der Waals surface area contributed by atoms with Crippen molar-refractivity contribution in [2.75, 3.05) is 30.8 Å². The summed E-state index contributed by atoms with van der Waals surface area (Å²) in [6, 6.07) is 3.52. The highest BCUT2D eigenvalue weighted by Crippen LogP contribution is 2.30. The lowest BCUT2D eigenvalue weighted by atomic mass is 10.1. The Hall–Kier alpha value is -1.27. The first-order valence-electron chi connectivity index (χ1n) is 5.66. The number of rotatable bonds is 5. The zero-order valence-corrected chi connectivity index (χ0v) is 12.0. The average molecular weight is 272 g/mol. The molecule has 0 aliphatic rings. The van der Waals surface area contributed by atoms with Gasteiger partial charge >= 0.3 is 0 Å². The molecule has 0 unspecified atom stereocenters. The fourth-order valence-electron chi connectivity index (χ4n) is 1.78. The molecule has 0 spiro atoms. The van der Waals surface area contributed by atoms with Crippen LogP contribution in [0, 0.1) is 13.8 Å². The van der Waals surface area contributed by atoms with E-state index >= 15 is 0 Å². The number of anilines is 1. The molecule has 0 aliphatic carbocycles. The zero-order valence-electron chi connectivity index (χ0n) is 11.2. The second-order valence-electron chi connectivity index (χ2n) is 4.11. The van der Waals surface area contributed by atoms with Gasteiger partial charge in [0.25, 0.3) is 0 Å². The van der Waals surface area contributed by atoms with Crippen LogP contribution in [-0.4, -0.2) is 34.9 Å². The van der Waals surface area contributed by atoms with Gasteiger partial charge in [-0.1, -0.05) is 0 Å². The van der Waals surface area contributed by atoms with Crippen molar-refractivity contribution in [3.05, 3.63) is 23.3 Å². The Morgan fingerprint density at radius 3 is 2.39 bits per heavy atom. The molecule has 0 saturated heterocycles. The lowest BCUT2D eigenvalue weighted by Gasteiger charge is -2.22. The third kappa shape index (κ3) is 2.76. The van der Waals surface area contributed by atoms with Gasteiger partial charge in [0.15, 0.2) is 0 Å². The lowest BCUT2D eigenvalue weighted by molar-refractivity contribution is 0.411. The Morgan fingerprint density at radius 1 is 1.28 bits per heavy atom. The van der Waals surface area contributed by atoms with Gasteiger partial charge in [0.2, 0.25) is 10.0 Å². The van der Waals surface area contributed by atoms with Gasteiger partial charge in [-0.3, -0.25) is 4.31 Å². The van der Waals surface area contributed by atoms with E-state index in [1.54, 1.807) is 26.3 Å². The first-order valence-corrected chi connectivity index (χ1v) is 7.27. The van der Waals surface area contributed by atoms with Gasteiger partial charge < -0.3 is 10.5 Å². The number of hydrogen-bond donors (Lipinski definition) is 1. The SMILES string of the molecule is COc1ccc(N(C)S(=O)(=O)CCN)c(C)c1C. The minimum Gasteiger partial charge on any atom is -0.496 e. The molecule has 1 aromatic carbocycles. The zero-order chi connectivity index (χ0) is 13.9. The second-order valence-corrected chi connectivity index (χ2v) is 6.23. The van der Waals surface area contributed by atoms with Gasteiger partial charge in [-0.05, 0) is 37.1 Å². The van der Waals surface area contributed by atoms with E-state index in [0.29, 0.717) is 5.69 Å². The summed E-state index contributed by atoms with van der Waals surface area (Å²) >= 11 is 0. The summed E-state index contributed by atoms with van der Waals surface area (Å²) in [6.07, 6.45) is 0. The Kier molecular flexibility index (Phi) is 4.59. The van der Waals surface area contributed by atoms with Crippen LogP contribution in [0.4, 0.5) is 5.69 Å². The molecule has 0 bridgehead atoms. The van der Waals surface area contributed by atoms with E-state index in [-0.39, 0.29) is 12.3 Å². The first-order chi connectivity index (χ1) is 8.35. The Balaban J connectivity index is 3.23. The smallest absolute Gasteiger partial charge is 0.236 e. The Bertz CT molecular complexity index is 526. The lowest BCUT2D eigenvalue weighted by Crippen LogP contribution is -2.32. The maximum Gasteiger partial charge on any atom is 0.236 e. The molecule has 0 fully saturated rings. The molecule has 2 N–H and O–H groups in total. The van der Waals surface area contributed by atoms with E-state index < -0.39 is 10.0 Å². The summed E-state index contributed by atoms with van der Waals surface area (Å²) in [4.78, 5) is 0. The van der Waals surface area contributed by atoms with Crippen LogP contribution >= 0.6 is 0 Å².